The molecule has 9 heteroatoms. The third-order valence-electron chi connectivity index (χ3n) is 7.42. The Morgan fingerprint density at radius 1 is 0.923 bits per heavy atom. The number of anilines is 2. The van der Waals surface area contributed by atoms with Gasteiger partial charge >= 0.3 is 6.09 Å². The molecule has 0 radical (unpaired) electrons. The van der Waals surface area contributed by atoms with E-state index >= 15 is 0 Å². The summed E-state index contributed by atoms with van der Waals surface area (Å²) >= 11 is -0.566. The van der Waals surface area contributed by atoms with Crippen molar-refractivity contribution in [3.63, 3.8) is 0 Å². The number of ether oxygens (including phenoxy) is 1. The Hall–Kier alpha value is -2.95. The summed E-state index contributed by atoms with van der Waals surface area (Å²) in [6, 6.07) is 13.9. The van der Waals surface area contributed by atoms with Gasteiger partial charge in [-0.15, -0.1) is 0 Å². The van der Waals surface area contributed by atoms with E-state index in [1.165, 1.54) is 16.2 Å². The van der Waals surface area contributed by atoms with Crippen LogP contribution in [-0.4, -0.2) is 69.7 Å². The van der Waals surface area contributed by atoms with Crippen molar-refractivity contribution in [3.05, 3.63) is 59.2 Å². The van der Waals surface area contributed by atoms with Gasteiger partial charge in [0.05, 0.1) is 32.7 Å². The van der Waals surface area contributed by atoms with Gasteiger partial charge in [-0.05, 0) is 83.2 Å². The molecule has 1 saturated heterocycles. The molecule has 3 aliphatic rings. The van der Waals surface area contributed by atoms with Gasteiger partial charge in [-0.2, -0.15) is 0 Å². The van der Waals surface area contributed by atoms with Crippen LogP contribution in [0.5, 0.6) is 0 Å². The standard InChI is InChI=1S/C30H37IN4O4/c1-6-33-25-18-21(20-14-16-32(17-15-20)29(38)39-30(3,4)5)12-13-24(25)35(7-2)31-26(33)19-34-27(36)22-10-8-9-11-23(22)28(34)37/h8-13,18,20H,6-7,14-17,19H2,1-5H3. The molecule has 2 aromatic carbocycles. The Kier molecular flexibility index (Phi) is 7.72. The maximum atomic E-state index is 13.1. The zero-order valence-electron chi connectivity index (χ0n) is 23.4. The Balaban J connectivity index is 1.36. The smallest absolute Gasteiger partial charge is 0.410 e. The van der Waals surface area contributed by atoms with Crippen LogP contribution in [0.4, 0.5) is 16.2 Å². The number of piperidine rings is 1. The number of likely N-dealkylation sites (N-methyl/N-ethyl adjacent to an activating group) is 1. The molecule has 0 saturated carbocycles. The summed E-state index contributed by atoms with van der Waals surface area (Å²) in [5.74, 6) is -0.0518. The Labute approximate surface area is 241 Å². The molecule has 0 spiro atoms. The fourth-order valence-electron chi connectivity index (χ4n) is 5.47. The molecule has 1 fully saturated rings. The summed E-state index contributed by atoms with van der Waals surface area (Å²) in [5, 5.41) is 0. The number of carbonyl (C=O) groups is 3. The van der Waals surface area contributed by atoms with E-state index in [0.717, 1.165) is 35.3 Å². The quantitative estimate of drug-likeness (QED) is 0.234. The molecule has 8 nitrogen and oxygen atoms in total. The van der Waals surface area contributed by atoms with Crippen molar-refractivity contribution >= 4 is 53.9 Å². The zero-order valence-corrected chi connectivity index (χ0v) is 25.5. The SMILES string of the molecule is CCN1I=C(CN2C(=O)c3ccccc3C2=O)N(CC)c2cc(C3CCN(C(=O)OC(C)(C)C)CC3)ccc21. The molecule has 0 bridgehead atoms. The minimum absolute atomic E-state index is 0.206. The fraction of sp³-hybridized carbons (Fsp3) is 0.467. The molecule has 0 aliphatic carbocycles. The number of rotatable bonds is 5. The highest BCUT2D eigenvalue weighted by molar-refractivity contribution is 14.2. The van der Waals surface area contributed by atoms with Crippen LogP contribution in [0.1, 0.15) is 79.7 Å². The van der Waals surface area contributed by atoms with Crippen molar-refractivity contribution in [2.24, 2.45) is 0 Å². The zero-order chi connectivity index (χ0) is 27.9. The van der Waals surface area contributed by atoms with E-state index in [-0.39, 0.29) is 17.9 Å². The minimum atomic E-state index is -0.566. The van der Waals surface area contributed by atoms with Gasteiger partial charge in [0.2, 0.25) is 0 Å². The second-order valence-electron chi connectivity index (χ2n) is 11.1. The lowest BCUT2D eigenvalue weighted by Gasteiger charge is -2.38. The first kappa shape index (κ1) is 27.6. The number of imide groups is 1. The number of halogens is 1. The maximum absolute atomic E-state index is 13.1. The number of likely N-dealkylation sites (tertiary alicyclic amines) is 1. The van der Waals surface area contributed by atoms with Gasteiger partial charge in [-0.3, -0.25) is 14.5 Å². The predicted molar refractivity (Wildman–Crippen MR) is 163 cm³/mol. The highest BCUT2D eigenvalue weighted by Crippen LogP contribution is 2.42. The molecule has 0 unspecified atom stereocenters. The van der Waals surface area contributed by atoms with Crippen LogP contribution in [0.25, 0.3) is 0 Å². The summed E-state index contributed by atoms with van der Waals surface area (Å²) in [4.78, 5) is 44.3. The first-order valence-corrected chi connectivity index (χ1v) is 15.8. The number of benzene rings is 2. The summed E-state index contributed by atoms with van der Waals surface area (Å²) < 4.78 is 9.14. The molecule has 39 heavy (non-hydrogen) atoms. The lowest BCUT2D eigenvalue weighted by molar-refractivity contribution is 0.0204. The van der Waals surface area contributed by atoms with Crippen LogP contribution in [-0.2, 0) is 4.74 Å². The van der Waals surface area contributed by atoms with Gasteiger partial charge in [0.1, 0.15) is 5.60 Å². The van der Waals surface area contributed by atoms with Gasteiger partial charge < -0.3 is 17.6 Å². The van der Waals surface area contributed by atoms with Crippen LogP contribution in [0.3, 0.4) is 0 Å². The maximum Gasteiger partial charge on any atom is 0.410 e. The molecule has 3 aliphatic heterocycles. The summed E-state index contributed by atoms with van der Waals surface area (Å²) in [6.07, 6.45) is 1.54. The largest absolute Gasteiger partial charge is 0.444 e. The first-order valence-electron chi connectivity index (χ1n) is 13.7. The monoisotopic (exact) mass is 644 g/mol. The number of carbonyl (C=O) groups excluding carboxylic acids is 3. The van der Waals surface area contributed by atoms with E-state index in [2.05, 4.69) is 40.1 Å². The van der Waals surface area contributed by atoms with E-state index in [9.17, 15) is 14.4 Å². The van der Waals surface area contributed by atoms with Gasteiger partial charge in [-0.25, -0.2) is 4.79 Å². The third kappa shape index (κ3) is 5.42. The second kappa shape index (κ2) is 10.9. The first-order chi connectivity index (χ1) is 18.6. The molecule has 0 atom stereocenters. The molecule has 2 aromatic rings. The van der Waals surface area contributed by atoms with E-state index < -0.39 is 26.6 Å². The Morgan fingerprint density at radius 3 is 2.13 bits per heavy atom. The van der Waals surface area contributed by atoms with Crippen molar-refractivity contribution in [1.82, 2.24) is 9.80 Å². The van der Waals surface area contributed by atoms with Crippen molar-refractivity contribution < 1.29 is 19.1 Å². The van der Waals surface area contributed by atoms with E-state index in [4.69, 9.17) is 4.74 Å². The van der Waals surface area contributed by atoms with Crippen molar-refractivity contribution in [2.75, 3.05) is 40.7 Å². The molecule has 5 rings (SSSR count). The van der Waals surface area contributed by atoms with Crippen LogP contribution in [0, 0.1) is 0 Å². The van der Waals surface area contributed by atoms with Gasteiger partial charge in [0.25, 0.3) is 11.8 Å². The van der Waals surface area contributed by atoms with Crippen LogP contribution in [0.2, 0.25) is 0 Å². The van der Waals surface area contributed by atoms with Crippen molar-refractivity contribution in [1.29, 1.82) is 0 Å². The Morgan fingerprint density at radius 2 is 1.56 bits per heavy atom. The van der Waals surface area contributed by atoms with Crippen molar-refractivity contribution in [3.8, 4) is 0 Å². The molecule has 3 heterocycles. The van der Waals surface area contributed by atoms with Gasteiger partial charge in [0.15, 0.2) is 0 Å². The Bertz CT molecular complexity index is 1290. The van der Waals surface area contributed by atoms with E-state index in [1.54, 1.807) is 24.3 Å². The number of hydrogen-bond acceptors (Lipinski definition) is 6. The highest BCUT2D eigenvalue weighted by Gasteiger charge is 2.38. The highest BCUT2D eigenvalue weighted by atomic mass is 127. The third-order valence-corrected chi connectivity index (χ3v) is 10.7. The van der Waals surface area contributed by atoms with Gasteiger partial charge in [0, 0.05) is 47.2 Å². The van der Waals surface area contributed by atoms with Crippen LogP contribution in [0.15, 0.2) is 42.5 Å². The number of fused-ring (bicyclic) bond motifs is 2. The normalized spacial score (nSPS) is 18.0. The van der Waals surface area contributed by atoms with E-state index in [0.29, 0.717) is 36.7 Å². The summed E-state index contributed by atoms with van der Waals surface area (Å²) in [7, 11) is 0. The average molecular weight is 645 g/mol. The summed E-state index contributed by atoms with van der Waals surface area (Å²) in [5.41, 5.74) is 4.12. The minimum Gasteiger partial charge on any atom is -0.444 e. The topological polar surface area (TPSA) is 73.4 Å². The molecule has 0 aromatic heterocycles. The lowest BCUT2D eigenvalue weighted by Crippen LogP contribution is -2.44. The van der Waals surface area contributed by atoms with Crippen LogP contribution >= 0.6 is 21.0 Å². The molecular weight excluding hydrogens is 607 g/mol. The molecule has 208 valence electrons. The number of hydrogen-bond donors (Lipinski definition) is 0. The number of nitrogens with zero attached hydrogens (tertiary/aromatic N) is 4. The van der Waals surface area contributed by atoms with Crippen LogP contribution < -0.4 is 8.01 Å². The average Bonchev–Trinajstić information content (AvgIpc) is 3.16. The molecule has 0 N–H and O–H groups in total. The van der Waals surface area contributed by atoms with Gasteiger partial charge in [-0.1, -0.05) is 18.2 Å². The number of amides is 3. The second-order valence-corrected chi connectivity index (χ2v) is 14.0. The van der Waals surface area contributed by atoms with E-state index in [1.807, 2.05) is 25.7 Å². The molecular formula is C30H37IN4O4. The predicted octanol–water partition coefficient (Wildman–Crippen LogP) is 5.78. The fourth-order valence-corrected chi connectivity index (χ4v) is 8.51. The lowest BCUT2D eigenvalue weighted by atomic mass is 9.89. The van der Waals surface area contributed by atoms with Crippen molar-refractivity contribution in [2.45, 2.75) is 59.0 Å². The molecule has 3 amide bonds. The summed E-state index contributed by atoms with van der Waals surface area (Å²) in [6.45, 7) is 13.3.